The number of nitrogens with one attached hydrogen (secondary N) is 1. The van der Waals surface area contributed by atoms with Crippen LogP contribution in [0.15, 0.2) is 60.9 Å². The standard InChI is InChI=1S/C26H26FN7S/c1-18-3-2-4-22(30-18)26-29-10-8-24(33-26)31-23-7-9-28-25(32-23)16-19-5-6-21(27)20(15-19)17-34-11-13-35-14-12-34/h2-10,15H,11-14,16-17H2,1H3,(H,28,29,31,32,33). The molecule has 1 fully saturated rings. The number of pyridine rings is 1. The Hall–Kier alpha value is -3.43. The van der Waals surface area contributed by atoms with E-state index in [2.05, 4.69) is 35.1 Å². The molecule has 9 heteroatoms. The lowest BCUT2D eigenvalue weighted by molar-refractivity contribution is 0.290. The Morgan fingerprint density at radius 3 is 2.57 bits per heavy atom. The molecule has 0 amide bonds. The zero-order valence-corrected chi connectivity index (χ0v) is 20.3. The minimum Gasteiger partial charge on any atom is -0.325 e. The summed E-state index contributed by atoms with van der Waals surface area (Å²) in [6, 6.07) is 14.6. The molecule has 1 aliphatic heterocycles. The van der Waals surface area contributed by atoms with E-state index in [0.717, 1.165) is 41.4 Å². The molecule has 0 spiro atoms. The highest BCUT2D eigenvalue weighted by molar-refractivity contribution is 7.99. The van der Waals surface area contributed by atoms with Crippen LogP contribution in [0.3, 0.4) is 0 Å². The van der Waals surface area contributed by atoms with Gasteiger partial charge in [0.1, 0.15) is 29.0 Å². The van der Waals surface area contributed by atoms with Gasteiger partial charge in [0.15, 0.2) is 5.82 Å². The molecule has 7 nitrogen and oxygen atoms in total. The molecular formula is C26H26FN7S. The quantitative estimate of drug-likeness (QED) is 0.403. The molecule has 5 rings (SSSR count). The van der Waals surface area contributed by atoms with Crippen LogP contribution < -0.4 is 5.32 Å². The lowest BCUT2D eigenvalue weighted by atomic mass is 10.1. The average Bonchev–Trinajstić information content (AvgIpc) is 2.87. The second kappa shape index (κ2) is 10.9. The van der Waals surface area contributed by atoms with Crippen molar-refractivity contribution in [3.05, 3.63) is 89.4 Å². The number of aromatic nitrogens is 5. The molecule has 1 saturated heterocycles. The van der Waals surface area contributed by atoms with Gasteiger partial charge in [-0.3, -0.25) is 4.90 Å². The first kappa shape index (κ1) is 23.3. The van der Waals surface area contributed by atoms with E-state index in [-0.39, 0.29) is 5.82 Å². The van der Waals surface area contributed by atoms with E-state index < -0.39 is 0 Å². The number of hydrogen-bond donors (Lipinski definition) is 1. The maximum Gasteiger partial charge on any atom is 0.180 e. The summed E-state index contributed by atoms with van der Waals surface area (Å²) in [4.78, 5) is 24.8. The maximum atomic E-state index is 14.5. The highest BCUT2D eigenvalue weighted by Crippen LogP contribution is 2.20. The molecule has 0 aliphatic carbocycles. The summed E-state index contributed by atoms with van der Waals surface area (Å²) < 4.78 is 14.5. The van der Waals surface area contributed by atoms with Crippen molar-refractivity contribution >= 4 is 23.4 Å². The number of rotatable bonds is 7. The second-order valence-corrected chi connectivity index (χ2v) is 9.63. The van der Waals surface area contributed by atoms with Crippen molar-refractivity contribution in [2.24, 2.45) is 0 Å². The van der Waals surface area contributed by atoms with Gasteiger partial charge in [-0.15, -0.1) is 0 Å². The van der Waals surface area contributed by atoms with Crippen molar-refractivity contribution in [2.45, 2.75) is 19.9 Å². The number of hydrogen-bond acceptors (Lipinski definition) is 8. The van der Waals surface area contributed by atoms with E-state index >= 15 is 0 Å². The predicted molar refractivity (Wildman–Crippen MR) is 137 cm³/mol. The van der Waals surface area contributed by atoms with Gasteiger partial charge in [0.05, 0.1) is 0 Å². The maximum absolute atomic E-state index is 14.5. The van der Waals surface area contributed by atoms with Crippen LogP contribution in [0.2, 0.25) is 0 Å². The molecule has 1 aliphatic rings. The molecule has 0 radical (unpaired) electrons. The van der Waals surface area contributed by atoms with Gasteiger partial charge in [-0.25, -0.2) is 29.3 Å². The molecule has 4 aromatic rings. The summed E-state index contributed by atoms with van der Waals surface area (Å²) in [6.07, 6.45) is 3.92. The molecule has 0 saturated carbocycles. The van der Waals surface area contributed by atoms with Crippen LogP contribution in [0, 0.1) is 12.7 Å². The van der Waals surface area contributed by atoms with Gasteiger partial charge in [-0.1, -0.05) is 18.2 Å². The minimum atomic E-state index is -0.161. The van der Waals surface area contributed by atoms with Gasteiger partial charge < -0.3 is 5.32 Å². The van der Waals surface area contributed by atoms with E-state index in [1.807, 2.05) is 43.0 Å². The topological polar surface area (TPSA) is 79.7 Å². The van der Waals surface area contributed by atoms with Crippen molar-refractivity contribution in [1.29, 1.82) is 0 Å². The Labute approximate surface area is 208 Å². The fraction of sp³-hybridized carbons (Fsp3) is 0.269. The Morgan fingerprint density at radius 2 is 1.74 bits per heavy atom. The zero-order chi connectivity index (χ0) is 24.0. The third-order valence-corrected chi connectivity index (χ3v) is 6.65. The first-order valence-electron chi connectivity index (χ1n) is 11.6. The summed E-state index contributed by atoms with van der Waals surface area (Å²) in [5.41, 5.74) is 3.33. The third kappa shape index (κ3) is 6.17. The van der Waals surface area contributed by atoms with E-state index in [9.17, 15) is 4.39 Å². The van der Waals surface area contributed by atoms with Crippen LogP contribution in [-0.2, 0) is 13.0 Å². The third-order valence-electron chi connectivity index (χ3n) is 5.70. The number of halogens is 1. The van der Waals surface area contributed by atoms with Gasteiger partial charge in [0, 0.05) is 61.2 Å². The van der Waals surface area contributed by atoms with E-state index in [4.69, 9.17) is 0 Å². The molecular weight excluding hydrogens is 461 g/mol. The van der Waals surface area contributed by atoms with Gasteiger partial charge in [0.2, 0.25) is 0 Å². The highest BCUT2D eigenvalue weighted by atomic mass is 32.2. The van der Waals surface area contributed by atoms with Crippen LogP contribution in [0.25, 0.3) is 11.5 Å². The molecule has 1 aromatic carbocycles. The Bertz CT molecular complexity index is 1310. The van der Waals surface area contributed by atoms with E-state index in [1.54, 1.807) is 36.7 Å². The number of nitrogens with zero attached hydrogens (tertiary/aromatic N) is 6. The predicted octanol–water partition coefficient (Wildman–Crippen LogP) is 4.66. The summed E-state index contributed by atoms with van der Waals surface area (Å²) in [5.74, 6) is 4.48. The number of thioether (sulfide) groups is 1. The van der Waals surface area contributed by atoms with E-state index in [1.165, 1.54) is 0 Å². The lowest BCUT2D eigenvalue weighted by Crippen LogP contribution is -2.32. The monoisotopic (exact) mass is 487 g/mol. The first-order valence-corrected chi connectivity index (χ1v) is 12.7. The van der Waals surface area contributed by atoms with Gasteiger partial charge in [-0.2, -0.15) is 11.8 Å². The van der Waals surface area contributed by atoms with Crippen molar-refractivity contribution in [3.8, 4) is 11.5 Å². The van der Waals surface area contributed by atoms with Crippen LogP contribution in [0.5, 0.6) is 0 Å². The Kier molecular flexibility index (Phi) is 7.25. The highest BCUT2D eigenvalue weighted by Gasteiger charge is 2.14. The number of aryl methyl sites for hydroxylation is 1. The van der Waals surface area contributed by atoms with Crippen LogP contribution in [-0.4, -0.2) is 54.4 Å². The molecule has 0 unspecified atom stereocenters. The SMILES string of the molecule is Cc1cccc(-c2nccc(Nc3ccnc(Cc4ccc(F)c(CN5CCSCC5)c4)n3)n2)n1. The lowest BCUT2D eigenvalue weighted by Gasteiger charge is -2.26. The van der Waals surface area contributed by atoms with Crippen molar-refractivity contribution in [1.82, 2.24) is 29.8 Å². The largest absolute Gasteiger partial charge is 0.325 e. The second-order valence-electron chi connectivity index (χ2n) is 8.40. The smallest absolute Gasteiger partial charge is 0.180 e. The summed E-state index contributed by atoms with van der Waals surface area (Å²) >= 11 is 1.95. The summed E-state index contributed by atoms with van der Waals surface area (Å²) in [6.45, 7) is 4.56. The molecule has 0 bridgehead atoms. The van der Waals surface area contributed by atoms with Gasteiger partial charge in [0.25, 0.3) is 0 Å². The van der Waals surface area contributed by atoms with Crippen LogP contribution >= 0.6 is 11.8 Å². The first-order chi connectivity index (χ1) is 17.1. The molecule has 1 N–H and O–H groups in total. The van der Waals surface area contributed by atoms with Gasteiger partial charge >= 0.3 is 0 Å². The minimum absolute atomic E-state index is 0.161. The zero-order valence-electron chi connectivity index (χ0n) is 19.5. The number of anilines is 2. The van der Waals surface area contributed by atoms with Crippen molar-refractivity contribution in [2.75, 3.05) is 29.9 Å². The number of benzene rings is 1. The van der Waals surface area contributed by atoms with Gasteiger partial charge in [-0.05, 0) is 42.8 Å². The molecule has 0 atom stereocenters. The summed E-state index contributed by atoms with van der Waals surface area (Å²) in [7, 11) is 0. The van der Waals surface area contributed by atoms with Crippen LogP contribution in [0.1, 0.15) is 22.6 Å². The van der Waals surface area contributed by atoms with Crippen LogP contribution in [0.4, 0.5) is 16.0 Å². The van der Waals surface area contributed by atoms with Crippen molar-refractivity contribution in [3.63, 3.8) is 0 Å². The molecule has 35 heavy (non-hydrogen) atoms. The normalized spacial score (nSPS) is 14.1. The molecule has 3 aromatic heterocycles. The fourth-order valence-electron chi connectivity index (χ4n) is 3.95. The van der Waals surface area contributed by atoms with Crippen molar-refractivity contribution < 1.29 is 4.39 Å². The Morgan fingerprint density at radius 1 is 0.943 bits per heavy atom. The average molecular weight is 488 g/mol. The molecule has 4 heterocycles. The fourth-order valence-corrected chi connectivity index (χ4v) is 4.93. The Balaban J connectivity index is 1.29. The summed E-state index contributed by atoms with van der Waals surface area (Å²) in [5, 5.41) is 3.23. The molecule has 178 valence electrons. The van der Waals surface area contributed by atoms with E-state index in [0.29, 0.717) is 41.9 Å².